The molecule has 0 aliphatic carbocycles. The van der Waals surface area contributed by atoms with Gasteiger partial charge in [0.15, 0.2) is 0 Å². The number of benzene rings is 1. The zero-order chi connectivity index (χ0) is 13.5. The third kappa shape index (κ3) is 4.90. The number of rotatable bonds is 7. The van der Waals surface area contributed by atoms with Crippen LogP contribution in [0.1, 0.15) is 44.2 Å². The number of halogens is 1. The zero-order valence-corrected chi connectivity index (χ0v) is 13.5. The highest BCUT2D eigenvalue weighted by atomic mass is 79.9. The Labute approximate surface area is 125 Å². The molecule has 0 saturated carbocycles. The molecule has 3 heteroatoms. The van der Waals surface area contributed by atoms with Crippen LogP contribution in [0.3, 0.4) is 0 Å². The van der Waals surface area contributed by atoms with Gasteiger partial charge in [-0.1, -0.05) is 35.0 Å². The van der Waals surface area contributed by atoms with Crippen molar-refractivity contribution in [2.75, 3.05) is 26.2 Å². The minimum Gasteiger partial charge on any atom is -0.310 e. The van der Waals surface area contributed by atoms with Crippen LogP contribution in [0.15, 0.2) is 28.7 Å². The smallest absolute Gasteiger partial charge is 0.0332 e. The summed E-state index contributed by atoms with van der Waals surface area (Å²) in [6, 6.07) is 9.26. The van der Waals surface area contributed by atoms with Crippen molar-refractivity contribution in [3.05, 3.63) is 34.3 Å². The molecule has 106 valence electrons. The van der Waals surface area contributed by atoms with Crippen molar-refractivity contribution in [1.82, 2.24) is 10.2 Å². The standard InChI is InChI=1S/C16H25BrN2/c1-2-10-18-16(9-13-19-11-3-4-12-19)14-5-7-15(17)8-6-14/h5-8,16,18H,2-4,9-13H2,1H3. The number of hydrogen-bond acceptors (Lipinski definition) is 2. The van der Waals surface area contributed by atoms with Crippen LogP contribution in [-0.4, -0.2) is 31.1 Å². The summed E-state index contributed by atoms with van der Waals surface area (Å²) in [6.07, 6.45) is 5.16. The average molecular weight is 325 g/mol. The van der Waals surface area contributed by atoms with Gasteiger partial charge in [0.25, 0.3) is 0 Å². The number of nitrogens with zero attached hydrogens (tertiary/aromatic N) is 1. The molecule has 2 nitrogen and oxygen atoms in total. The molecule has 0 radical (unpaired) electrons. The van der Waals surface area contributed by atoms with Crippen LogP contribution in [0.2, 0.25) is 0 Å². The van der Waals surface area contributed by atoms with Gasteiger partial charge in [-0.2, -0.15) is 0 Å². The van der Waals surface area contributed by atoms with Crippen molar-refractivity contribution in [1.29, 1.82) is 0 Å². The lowest BCUT2D eigenvalue weighted by Gasteiger charge is -2.22. The molecule has 0 amide bonds. The van der Waals surface area contributed by atoms with E-state index in [0.717, 1.165) is 11.0 Å². The van der Waals surface area contributed by atoms with E-state index >= 15 is 0 Å². The maximum atomic E-state index is 3.69. The Bertz CT molecular complexity index is 358. The lowest BCUT2D eigenvalue weighted by Crippen LogP contribution is -2.28. The van der Waals surface area contributed by atoms with Crippen molar-refractivity contribution >= 4 is 15.9 Å². The van der Waals surface area contributed by atoms with Crippen LogP contribution >= 0.6 is 15.9 Å². The van der Waals surface area contributed by atoms with Gasteiger partial charge < -0.3 is 10.2 Å². The fraction of sp³-hybridized carbons (Fsp3) is 0.625. The molecule has 1 heterocycles. The molecule has 1 aromatic carbocycles. The minimum atomic E-state index is 0.494. The van der Waals surface area contributed by atoms with Gasteiger partial charge in [0.1, 0.15) is 0 Å². The SMILES string of the molecule is CCCNC(CCN1CCCC1)c1ccc(Br)cc1. The van der Waals surface area contributed by atoms with E-state index in [0.29, 0.717) is 6.04 Å². The van der Waals surface area contributed by atoms with Crippen LogP contribution in [0, 0.1) is 0 Å². The molecule has 1 aromatic rings. The topological polar surface area (TPSA) is 15.3 Å². The third-order valence-electron chi connectivity index (χ3n) is 3.85. The quantitative estimate of drug-likeness (QED) is 0.816. The minimum absolute atomic E-state index is 0.494. The molecule has 0 bridgehead atoms. The highest BCUT2D eigenvalue weighted by Gasteiger charge is 2.15. The maximum Gasteiger partial charge on any atom is 0.0332 e. The summed E-state index contributed by atoms with van der Waals surface area (Å²) in [5.74, 6) is 0. The molecule has 1 atom stereocenters. The summed E-state index contributed by atoms with van der Waals surface area (Å²) in [6.45, 7) is 7.13. The van der Waals surface area contributed by atoms with E-state index in [-0.39, 0.29) is 0 Å². The van der Waals surface area contributed by atoms with Gasteiger partial charge in [-0.05, 0) is 69.6 Å². The first-order chi connectivity index (χ1) is 9.29. The van der Waals surface area contributed by atoms with Crippen LogP contribution < -0.4 is 5.32 Å². The maximum absolute atomic E-state index is 3.69. The fourth-order valence-electron chi connectivity index (χ4n) is 2.72. The Balaban J connectivity index is 1.91. The van der Waals surface area contributed by atoms with Gasteiger partial charge in [-0.15, -0.1) is 0 Å². The molecule has 1 fully saturated rings. The predicted molar refractivity (Wildman–Crippen MR) is 85.5 cm³/mol. The Kier molecular flexibility index (Phi) is 6.35. The van der Waals surface area contributed by atoms with Gasteiger partial charge in [0.05, 0.1) is 0 Å². The second-order valence-corrected chi connectivity index (χ2v) is 6.31. The third-order valence-corrected chi connectivity index (χ3v) is 4.37. The molecule has 1 aliphatic rings. The van der Waals surface area contributed by atoms with Crippen LogP contribution in [-0.2, 0) is 0 Å². The fourth-order valence-corrected chi connectivity index (χ4v) is 2.98. The van der Waals surface area contributed by atoms with Crippen molar-refractivity contribution < 1.29 is 0 Å². The van der Waals surface area contributed by atoms with Gasteiger partial charge in [0.2, 0.25) is 0 Å². The van der Waals surface area contributed by atoms with Crippen molar-refractivity contribution in [2.24, 2.45) is 0 Å². The van der Waals surface area contributed by atoms with Gasteiger partial charge in [0, 0.05) is 10.5 Å². The first kappa shape index (κ1) is 15.0. The van der Waals surface area contributed by atoms with Gasteiger partial charge >= 0.3 is 0 Å². The zero-order valence-electron chi connectivity index (χ0n) is 11.9. The van der Waals surface area contributed by atoms with Crippen LogP contribution in [0.25, 0.3) is 0 Å². The molecule has 0 spiro atoms. The monoisotopic (exact) mass is 324 g/mol. The summed E-state index contributed by atoms with van der Waals surface area (Å²) in [7, 11) is 0. The first-order valence-corrected chi connectivity index (χ1v) is 8.30. The molecule has 0 aromatic heterocycles. The normalized spacial score (nSPS) is 17.8. The summed E-state index contributed by atoms with van der Waals surface area (Å²) < 4.78 is 1.16. The summed E-state index contributed by atoms with van der Waals surface area (Å²) in [5.41, 5.74) is 1.41. The second kappa shape index (κ2) is 8.03. The molecule has 1 saturated heterocycles. The molecule has 1 aliphatic heterocycles. The van der Waals surface area contributed by atoms with Crippen molar-refractivity contribution in [3.63, 3.8) is 0 Å². The number of likely N-dealkylation sites (tertiary alicyclic amines) is 1. The number of nitrogens with one attached hydrogen (secondary N) is 1. The highest BCUT2D eigenvalue weighted by molar-refractivity contribution is 9.10. The van der Waals surface area contributed by atoms with Crippen LogP contribution in [0.4, 0.5) is 0 Å². The van der Waals surface area contributed by atoms with E-state index < -0.39 is 0 Å². The molecular formula is C16H25BrN2. The predicted octanol–water partition coefficient (Wildman–Crippen LogP) is 3.98. The molecule has 19 heavy (non-hydrogen) atoms. The lowest BCUT2D eigenvalue weighted by molar-refractivity contribution is 0.310. The van der Waals surface area contributed by atoms with Crippen LogP contribution in [0.5, 0.6) is 0 Å². The molecule has 1 N–H and O–H groups in total. The van der Waals surface area contributed by atoms with Gasteiger partial charge in [-0.25, -0.2) is 0 Å². The lowest BCUT2D eigenvalue weighted by atomic mass is 10.0. The number of hydrogen-bond donors (Lipinski definition) is 1. The van der Waals surface area contributed by atoms with Crippen molar-refractivity contribution in [2.45, 2.75) is 38.6 Å². The van der Waals surface area contributed by atoms with E-state index in [2.05, 4.69) is 57.3 Å². The van der Waals surface area contributed by atoms with E-state index in [9.17, 15) is 0 Å². The molecular weight excluding hydrogens is 300 g/mol. The van der Waals surface area contributed by atoms with E-state index in [1.54, 1.807) is 0 Å². The summed E-state index contributed by atoms with van der Waals surface area (Å²) in [5, 5.41) is 3.69. The molecule has 2 rings (SSSR count). The summed E-state index contributed by atoms with van der Waals surface area (Å²) >= 11 is 3.51. The Morgan fingerprint density at radius 1 is 1.21 bits per heavy atom. The largest absolute Gasteiger partial charge is 0.310 e. The second-order valence-electron chi connectivity index (χ2n) is 5.40. The Morgan fingerprint density at radius 2 is 1.89 bits per heavy atom. The Morgan fingerprint density at radius 3 is 2.53 bits per heavy atom. The van der Waals surface area contributed by atoms with E-state index in [1.807, 2.05) is 0 Å². The average Bonchev–Trinajstić information content (AvgIpc) is 2.93. The Hall–Kier alpha value is -0.380. The van der Waals surface area contributed by atoms with E-state index in [4.69, 9.17) is 0 Å². The first-order valence-electron chi connectivity index (χ1n) is 7.51. The van der Waals surface area contributed by atoms with Gasteiger partial charge in [-0.3, -0.25) is 0 Å². The summed E-state index contributed by atoms with van der Waals surface area (Å²) in [4.78, 5) is 2.60. The van der Waals surface area contributed by atoms with E-state index in [1.165, 1.54) is 50.9 Å². The molecule has 1 unspecified atom stereocenters. The highest BCUT2D eigenvalue weighted by Crippen LogP contribution is 2.21. The van der Waals surface area contributed by atoms with Crippen molar-refractivity contribution in [3.8, 4) is 0 Å².